The summed E-state index contributed by atoms with van der Waals surface area (Å²) in [5.74, 6) is 0.527. The van der Waals surface area contributed by atoms with Gasteiger partial charge in [0.1, 0.15) is 22.5 Å². The van der Waals surface area contributed by atoms with E-state index in [9.17, 15) is 0 Å². The van der Waals surface area contributed by atoms with E-state index in [1.54, 1.807) is 30.5 Å². The molecular formula is C12H8Cl3NO. The van der Waals surface area contributed by atoms with Gasteiger partial charge in [-0.25, -0.2) is 4.98 Å². The van der Waals surface area contributed by atoms with Gasteiger partial charge in [-0.1, -0.05) is 46.9 Å². The van der Waals surface area contributed by atoms with E-state index < -0.39 is 0 Å². The first-order chi connectivity index (χ1) is 8.18. The zero-order chi connectivity index (χ0) is 12.3. The molecule has 1 heterocycles. The van der Waals surface area contributed by atoms with Crippen molar-refractivity contribution in [3.8, 4) is 5.75 Å². The molecular weight excluding hydrogens is 280 g/mol. The first-order valence-corrected chi connectivity index (χ1v) is 5.98. The minimum absolute atomic E-state index is 0.298. The predicted molar refractivity (Wildman–Crippen MR) is 70.0 cm³/mol. The largest absolute Gasteiger partial charge is 0.487 e. The number of benzene rings is 1. The molecule has 1 aromatic heterocycles. The summed E-state index contributed by atoms with van der Waals surface area (Å²) in [6, 6.07) is 8.86. The molecule has 0 aliphatic carbocycles. The Kier molecular flexibility index (Phi) is 4.11. The van der Waals surface area contributed by atoms with Gasteiger partial charge in [-0.2, -0.15) is 0 Å². The smallest absolute Gasteiger partial charge is 0.139 e. The van der Waals surface area contributed by atoms with Crippen molar-refractivity contribution in [2.45, 2.75) is 6.61 Å². The van der Waals surface area contributed by atoms with Crippen LogP contribution in [-0.2, 0) is 6.61 Å². The number of rotatable bonds is 3. The lowest BCUT2D eigenvalue weighted by Gasteiger charge is -2.09. The summed E-state index contributed by atoms with van der Waals surface area (Å²) in [6.45, 7) is 0.298. The van der Waals surface area contributed by atoms with Crippen molar-refractivity contribution in [1.29, 1.82) is 0 Å². The number of pyridine rings is 1. The van der Waals surface area contributed by atoms with E-state index in [0.29, 0.717) is 27.6 Å². The van der Waals surface area contributed by atoms with E-state index in [1.807, 2.05) is 6.07 Å². The molecule has 1 aromatic carbocycles. The van der Waals surface area contributed by atoms with Crippen LogP contribution in [0, 0.1) is 0 Å². The predicted octanol–water partition coefficient (Wildman–Crippen LogP) is 4.62. The number of hydrogen-bond acceptors (Lipinski definition) is 2. The summed E-state index contributed by atoms with van der Waals surface area (Å²) in [4.78, 5) is 3.96. The third-order valence-corrected chi connectivity index (χ3v) is 3.28. The molecule has 2 aromatic rings. The molecule has 0 aliphatic rings. The quantitative estimate of drug-likeness (QED) is 0.769. The molecule has 0 saturated carbocycles. The first kappa shape index (κ1) is 12.5. The van der Waals surface area contributed by atoms with Gasteiger partial charge >= 0.3 is 0 Å². The van der Waals surface area contributed by atoms with Crippen LogP contribution in [0.4, 0.5) is 0 Å². The van der Waals surface area contributed by atoms with Gasteiger partial charge in [-0.15, -0.1) is 0 Å². The Morgan fingerprint density at radius 3 is 2.65 bits per heavy atom. The van der Waals surface area contributed by atoms with Crippen LogP contribution in [0.15, 0.2) is 36.5 Å². The zero-order valence-corrected chi connectivity index (χ0v) is 10.9. The molecule has 0 unspecified atom stereocenters. The summed E-state index contributed by atoms with van der Waals surface area (Å²) in [6.07, 6.45) is 1.62. The van der Waals surface area contributed by atoms with Crippen molar-refractivity contribution in [2.75, 3.05) is 0 Å². The summed E-state index contributed by atoms with van der Waals surface area (Å²) in [7, 11) is 0. The third kappa shape index (κ3) is 3.03. The van der Waals surface area contributed by atoms with E-state index in [-0.39, 0.29) is 0 Å². The lowest BCUT2D eigenvalue weighted by molar-refractivity contribution is 0.306. The Balaban J connectivity index is 2.13. The monoisotopic (exact) mass is 287 g/mol. The Bertz CT molecular complexity index is 531. The number of halogens is 3. The Morgan fingerprint density at radius 2 is 1.88 bits per heavy atom. The molecule has 0 bridgehead atoms. The summed E-state index contributed by atoms with van der Waals surface area (Å²) in [5.41, 5.74) is 0.796. The fraction of sp³-hybridized carbons (Fsp3) is 0.0833. The van der Waals surface area contributed by atoms with Crippen LogP contribution < -0.4 is 4.74 Å². The van der Waals surface area contributed by atoms with E-state index in [0.717, 1.165) is 5.56 Å². The molecule has 0 aliphatic heterocycles. The second-order valence-corrected chi connectivity index (χ2v) is 4.44. The van der Waals surface area contributed by atoms with Crippen LogP contribution in [0.3, 0.4) is 0 Å². The van der Waals surface area contributed by atoms with Crippen molar-refractivity contribution in [2.24, 2.45) is 0 Å². The van der Waals surface area contributed by atoms with Crippen molar-refractivity contribution in [3.63, 3.8) is 0 Å². The Morgan fingerprint density at radius 1 is 1.06 bits per heavy atom. The van der Waals surface area contributed by atoms with Crippen LogP contribution in [0.1, 0.15) is 5.56 Å². The molecule has 0 atom stereocenters. The highest BCUT2D eigenvalue weighted by molar-refractivity contribution is 6.42. The Hall–Kier alpha value is -0.960. The zero-order valence-electron chi connectivity index (χ0n) is 8.66. The van der Waals surface area contributed by atoms with Gasteiger partial charge in [0.25, 0.3) is 0 Å². The number of nitrogens with zero attached hydrogens (tertiary/aromatic N) is 1. The maximum absolute atomic E-state index is 5.99. The topological polar surface area (TPSA) is 22.1 Å². The van der Waals surface area contributed by atoms with Crippen molar-refractivity contribution in [3.05, 3.63) is 57.3 Å². The number of hydrogen-bond donors (Lipinski definition) is 0. The molecule has 2 nitrogen and oxygen atoms in total. The summed E-state index contributed by atoms with van der Waals surface area (Å²) >= 11 is 17.8. The van der Waals surface area contributed by atoms with Gasteiger partial charge in [0.15, 0.2) is 0 Å². The molecule has 0 N–H and O–H groups in total. The van der Waals surface area contributed by atoms with Crippen molar-refractivity contribution < 1.29 is 4.74 Å². The average Bonchev–Trinajstić information content (AvgIpc) is 2.33. The molecule has 0 amide bonds. The lowest BCUT2D eigenvalue weighted by atomic mass is 10.3. The van der Waals surface area contributed by atoms with Crippen LogP contribution in [0.25, 0.3) is 0 Å². The maximum atomic E-state index is 5.99. The SMILES string of the molecule is Clc1cccc(OCc2cccnc2Cl)c1Cl. The molecule has 2 rings (SSSR count). The first-order valence-electron chi connectivity index (χ1n) is 4.84. The molecule has 0 fully saturated rings. The van der Waals surface area contributed by atoms with Crippen LogP contribution in [0.2, 0.25) is 15.2 Å². The summed E-state index contributed by atoms with van der Waals surface area (Å²) < 4.78 is 5.54. The van der Waals surface area contributed by atoms with Gasteiger partial charge in [-0.3, -0.25) is 0 Å². The third-order valence-electron chi connectivity index (χ3n) is 2.14. The van der Waals surface area contributed by atoms with Gasteiger partial charge in [0.2, 0.25) is 0 Å². The van der Waals surface area contributed by atoms with E-state index >= 15 is 0 Å². The molecule has 0 radical (unpaired) electrons. The molecule has 0 saturated heterocycles. The number of ether oxygens (including phenoxy) is 1. The van der Waals surface area contributed by atoms with Gasteiger partial charge < -0.3 is 4.74 Å². The fourth-order valence-electron chi connectivity index (χ4n) is 1.28. The van der Waals surface area contributed by atoms with Gasteiger partial charge in [0, 0.05) is 11.8 Å². The highest BCUT2D eigenvalue weighted by atomic mass is 35.5. The van der Waals surface area contributed by atoms with Gasteiger partial charge in [0.05, 0.1) is 5.02 Å². The standard InChI is InChI=1S/C12H8Cl3NO/c13-9-4-1-5-10(11(9)14)17-7-8-3-2-6-16-12(8)15/h1-6H,7H2. The fourth-order valence-corrected chi connectivity index (χ4v) is 1.80. The average molecular weight is 289 g/mol. The lowest BCUT2D eigenvalue weighted by Crippen LogP contribution is -1.97. The maximum Gasteiger partial charge on any atom is 0.139 e. The van der Waals surface area contributed by atoms with Crippen LogP contribution >= 0.6 is 34.8 Å². The van der Waals surface area contributed by atoms with E-state index in [1.165, 1.54) is 0 Å². The normalized spacial score (nSPS) is 10.3. The van der Waals surface area contributed by atoms with E-state index in [4.69, 9.17) is 39.5 Å². The molecule has 17 heavy (non-hydrogen) atoms. The highest BCUT2D eigenvalue weighted by Crippen LogP contribution is 2.32. The number of aromatic nitrogens is 1. The van der Waals surface area contributed by atoms with Crippen LogP contribution in [0.5, 0.6) is 5.75 Å². The molecule has 5 heteroatoms. The second-order valence-electron chi connectivity index (χ2n) is 3.29. The highest BCUT2D eigenvalue weighted by Gasteiger charge is 2.07. The van der Waals surface area contributed by atoms with Crippen molar-refractivity contribution >= 4 is 34.8 Å². The molecule has 0 spiro atoms. The summed E-state index contributed by atoms with van der Waals surface area (Å²) in [5, 5.41) is 1.28. The second kappa shape index (κ2) is 5.58. The van der Waals surface area contributed by atoms with Crippen LogP contribution in [-0.4, -0.2) is 4.98 Å². The van der Waals surface area contributed by atoms with Crippen molar-refractivity contribution in [1.82, 2.24) is 4.98 Å². The minimum atomic E-state index is 0.298. The Labute approximate surface area is 114 Å². The van der Waals surface area contributed by atoms with Gasteiger partial charge in [-0.05, 0) is 18.2 Å². The minimum Gasteiger partial charge on any atom is -0.487 e. The van der Waals surface area contributed by atoms with E-state index in [2.05, 4.69) is 4.98 Å². The molecule has 88 valence electrons.